The Balaban J connectivity index is 1.17. The van der Waals surface area contributed by atoms with Crippen molar-refractivity contribution in [3.05, 3.63) is 66.4 Å². The molecule has 0 radical (unpaired) electrons. The van der Waals surface area contributed by atoms with E-state index in [2.05, 4.69) is 25.5 Å². The van der Waals surface area contributed by atoms with E-state index in [1.165, 1.54) is 29.2 Å². The van der Waals surface area contributed by atoms with Crippen LogP contribution >= 0.6 is 0 Å². The van der Waals surface area contributed by atoms with Crippen LogP contribution in [0.5, 0.6) is 5.75 Å². The van der Waals surface area contributed by atoms with Crippen LogP contribution in [0, 0.1) is 0 Å². The predicted octanol–water partition coefficient (Wildman–Crippen LogP) is 4.00. The molecule has 3 aromatic heterocycles. The number of halogens is 3. The zero-order valence-corrected chi connectivity index (χ0v) is 25.6. The summed E-state index contributed by atoms with van der Waals surface area (Å²) in [6.07, 6.45) is -2.22. The van der Waals surface area contributed by atoms with E-state index in [0.717, 1.165) is 23.1 Å². The fourth-order valence-electron chi connectivity index (χ4n) is 4.62. The lowest BCUT2D eigenvalue weighted by Crippen LogP contribution is -2.34. The number of benzene rings is 2. The lowest BCUT2D eigenvalue weighted by Gasteiger charge is -2.12. The quantitative estimate of drug-likeness (QED) is 0.114. The second-order valence-corrected chi connectivity index (χ2v) is 11.7. The number of imidazole rings is 1. The topological polar surface area (TPSA) is 189 Å². The van der Waals surface area contributed by atoms with Crippen LogP contribution in [-0.2, 0) is 32.7 Å². The molecule has 0 spiro atoms. The zero-order chi connectivity index (χ0) is 33.6. The van der Waals surface area contributed by atoms with Gasteiger partial charge in [0.2, 0.25) is 0 Å². The van der Waals surface area contributed by atoms with Crippen molar-refractivity contribution >= 4 is 32.8 Å². The summed E-state index contributed by atoms with van der Waals surface area (Å²) in [6.45, 7) is 3.91. The van der Waals surface area contributed by atoms with Crippen LogP contribution in [0.3, 0.4) is 0 Å². The van der Waals surface area contributed by atoms with E-state index >= 15 is 0 Å². The van der Waals surface area contributed by atoms with Crippen LogP contribution in [0.1, 0.15) is 25.3 Å². The van der Waals surface area contributed by atoms with Crippen LogP contribution in [-0.4, -0.2) is 58.6 Å². The molecule has 0 bridgehead atoms. The van der Waals surface area contributed by atoms with Gasteiger partial charge in [-0.2, -0.15) is 13.2 Å². The number of ether oxygens (including phenoxy) is 1. The van der Waals surface area contributed by atoms with Crippen molar-refractivity contribution in [2.24, 2.45) is 0 Å². The molecule has 0 saturated heterocycles. The number of carbonyl (C=O) groups is 1. The Morgan fingerprint density at radius 3 is 2.45 bits per heavy atom. The van der Waals surface area contributed by atoms with Gasteiger partial charge in [0.25, 0.3) is 10.0 Å². The highest BCUT2D eigenvalue weighted by Gasteiger charge is 2.42. The van der Waals surface area contributed by atoms with Crippen molar-refractivity contribution in [1.82, 2.24) is 35.1 Å². The molecule has 0 aliphatic rings. The maximum atomic E-state index is 12.2. The summed E-state index contributed by atoms with van der Waals surface area (Å²) in [7, 11) is -4.49. The minimum atomic E-state index is -5.34. The summed E-state index contributed by atoms with van der Waals surface area (Å²) in [4.78, 5) is 24.7. The smallest absolute Gasteiger partial charge is 0.490 e. The summed E-state index contributed by atoms with van der Waals surface area (Å²) in [5.41, 5.74) is 9.94. The predicted molar refractivity (Wildman–Crippen MR) is 162 cm³/mol. The average molecular weight is 675 g/mol. The second kappa shape index (κ2) is 14.1. The Kier molecular flexibility index (Phi) is 10.0. The zero-order valence-electron chi connectivity index (χ0n) is 24.8. The van der Waals surface area contributed by atoms with Gasteiger partial charge in [0.1, 0.15) is 11.0 Å². The molecule has 4 N–H and O–H groups in total. The first-order valence-corrected chi connectivity index (χ1v) is 15.7. The summed E-state index contributed by atoms with van der Waals surface area (Å²) in [5.74, 6) is -1.54. The molecule has 47 heavy (non-hydrogen) atoms. The number of carbonyl (C=O) groups excluding carboxylic acids is 1. The third-order valence-corrected chi connectivity index (χ3v) is 8.06. The molecule has 0 unspecified atom stereocenters. The maximum absolute atomic E-state index is 12.2. The van der Waals surface area contributed by atoms with Crippen LogP contribution in [0.2, 0.25) is 0 Å². The number of nitrogens with one attached hydrogen (secondary N) is 2. The van der Waals surface area contributed by atoms with Crippen molar-refractivity contribution in [2.45, 2.75) is 43.9 Å². The average Bonchev–Trinajstić information content (AvgIpc) is 3.66. The Labute approximate surface area is 266 Å². The van der Waals surface area contributed by atoms with Crippen LogP contribution in [0.4, 0.5) is 19.0 Å². The van der Waals surface area contributed by atoms with Crippen LogP contribution < -0.4 is 20.7 Å². The number of hydrogen-bond donors (Lipinski definition) is 3. The number of nitrogens with zero attached hydrogens (tertiary/aromatic N) is 5. The van der Waals surface area contributed by atoms with Gasteiger partial charge in [0.05, 0.1) is 23.4 Å². The van der Waals surface area contributed by atoms with Gasteiger partial charge in [-0.05, 0) is 59.2 Å². The molecule has 0 saturated carbocycles. The highest BCUT2D eigenvalue weighted by Crippen LogP contribution is 2.36. The maximum Gasteiger partial charge on any atom is 0.492 e. The number of hydrogen-bond acceptors (Lipinski definition) is 12. The first-order chi connectivity index (χ1) is 22.5. The summed E-state index contributed by atoms with van der Waals surface area (Å²) >= 11 is 0. The largest absolute Gasteiger partial charge is 0.492 e. The molecule has 5 aromatic rings. The molecule has 5 rings (SSSR count). The monoisotopic (exact) mass is 674 g/mol. The molecule has 14 nitrogen and oxygen atoms in total. The number of fused-ring (bicyclic) bond motifs is 1. The first-order valence-electron chi connectivity index (χ1n) is 14.2. The number of rotatable bonds is 14. The van der Waals surface area contributed by atoms with Gasteiger partial charge in [-0.25, -0.2) is 27.8 Å². The fraction of sp³-hybridized carbons (Fsp3) is 0.276. The number of aromatic nitrogens is 5. The molecule has 0 aliphatic carbocycles. The molecule has 0 atom stereocenters. The molecule has 18 heteroatoms. The number of nitrogen functional groups attached to an aromatic ring is 1. The van der Waals surface area contributed by atoms with Gasteiger partial charge in [-0.15, -0.1) is 0 Å². The molecule has 0 fully saturated rings. The number of nitrogens with two attached hydrogens (primary N) is 1. The highest BCUT2D eigenvalue weighted by molar-refractivity contribution is 7.89. The Morgan fingerprint density at radius 2 is 1.79 bits per heavy atom. The van der Waals surface area contributed by atoms with Gasteiger partial charge in [-0.3, -0.25) is 0 Å². The standard InChI is InChI=1S/C29H29F3N8O6S/c1-2-40-25-21(17-35-22(19-8-4-3-5-9-19)23(25)36-27(40)24-26(33)38-46-37-24)44-15-7-6-14-34-16-18-10-12-20(13-11-18)47(42,43)39-45-28(41)29(30,31)32/h3-5,8-13,17,34,39H,2,6-7,14-16H2,1H3,(H2,33,38). The van der Waals surface area contributed by atoms with Crippen molar-refractivity contribution in [1.29, 1.82) is 0 Å². The van der Waals surface area contributed by atoms with Crippen molar-refractivity contribution in [3.8, 4) is 28.5 Å². The molecule has 0 aliphatic heterocycles. The second-order valence-electron chi connectivity index (χ2n) is 10.1. The number of aryl methyl sites for hydroxylation is 1. The van der Waals surface area contributed by atoms with E-state index < -0.39 is 22.2 Å². The van der Waals surface area contributed by atoms with E-state index in [-0.39, 0.29) is 10.7 Å². The van der Waals surface area contributed by atoms with Gasteiger partial charge in [-0.1, -0.05) is 42.5 Å². The number of alkyl halides is 3. The van der Waals surface area contributed by atoms with Gasteiger partial charge in [0.15, 0.2) is 23.1 Å². The van der Waals surface area contributed by atoms with Crippen molar-refractivity contribution < 1.29 is 40.6 Å². The Hall–Kier alpha value is -5.07. The summed E-state index contributed by atoms with van der Waals surface area (Å²) in [5, 5.41) is 10.9. The Bertz CT molecular complexity index is 1950. The minimum Gasteiger partial charge on any atom is -0.490 e. The van der Waals surface area contributed by atoms with Crippen molar-refractivity contribution in [3.63, 3.8) is 0 Å². The van der Waals surface area contributed by atoms with E-state index in [4.69, 9.17) is 20.1 Å². The number of anilines is 1. The fourth-order valence-corrected chi connectivity index (χ4v) is 5.39. The molecular formula is C29H29F3N8O6S. The third-order valence-electron chi connectivity index (χ3n) is 6.87. The highest BCUT2D eigenvalue weighted by atomic mass is 32.2. The third kappa shape index (κ3) is 7.67. The number of sulfonamides is 1. The lowest BCUT2D eigenvalue weighted by molar-refractivity contribution is -0.203. The minimum absolute atomic E-state index is 0.115. The normalized spacial score (nSPS) is 12.0. The van der Waals surface area contributed by atoms with Gasteiger partial charge < -0.3 is 25.2 Å². The number of unbranched alkanes of at least 4 members (excludes halogenated alkanes) is 1. The van der Waals surface area contributed by atoms with Crippen LogP contribution in [0.15, 0.2) is 70.3 Å². The summed E-state index contributed by atoms with van der Waals surface area (Å²) in [6, 6.07) is 15.0. The van der Waals surface area contributed by atoms with E-state index in [1.54, 1.807) is 6.20 Å². The molecule has 3 heterocycles. The SMILES string of the molecule is CCn1c(-c2nonc2N)nc2c(-c3ccccc3)ncc(OCCCCNCc3ccc(S(=O)(=O)NOC(=O)C(F)(F)F)cc3)c21. The van der Waals surface area contributed by atoms with Gasteiger partial charge in [0, 0.05) is 18.7 Å². The van der Waals surface area contributed by atoms with Gasteiger partial charge >= 0.3 is 12.1 Å². The first kappa shape index (κ1) is 33.3. The number of pyridine rings is 1. The Morgan fingerprint density at radius 1 is 1.04 bits per heavy atom. The molecule has 2 aromatic carbocycles. The lowest BCUT2D eigenvalue weighted by atomic mass is 10.1. The van der Waals surface area contributed by atoms with Crippen LogP contribution in [0.25, 0.3) is 33.8 Å². The molecular weight excluding hydrogens is 645 g/mol. The summed E-state index contributed by atoms with van der Waals surface area (Å²) < 4.78 is 73.8. The van der Waals surface area contributed by atoms with E-state index in [1.807, 2.05) is 41.8 Å². The van der Waals surface area contributed by atoms with Crippen molar-refractivity contribution in [2.75, 3.05) is 18.9 Å². The molecule has 0 amide bonds. The molecule has 248 valence electrons. The van der Waals surface area contributed by atoms with E-state index in [0.29, 0.717) is 61.1 Å². The van der Waals surface area contributed by atoms with E-state index in [9.17, 15) is 26.4 Å².